The van der Waals surface area contributed by atoms with E-state index in [9.17, 15) is 10.2 Å². The van der Waals surface area contributed by atoms with Crippen molar-refractivity contribution in [2.75, 3.05) is 18.1 Å². The first kappa shape index (κ1) is 12.0. The van der Waals surface area contributed by atoms with Crippen LogP contribution in [-0.4, -0.2) is 45.2 Å². The van der Waals surface area contributed by atoms with E-state index in [-0.39, 0.29) is 11.8 Å². The number of anilines is 2. The lowest BCUT2D eigenvalue weighted by Crippen LogP contribution is -2.48. The van der Waals surface area contributed by atoms with E-state index in [2.05, 4.69) is 4.98 Å². The molecule has 0 saturated carbocycles. The number of ether oxygens (including phenoxy) is 1. The highest BCUT2D eigenvalue weighted by molar-refractivity contribution is 5.28. The van der Waals surface area contributed by atoms with Crippen LogP contribution in [0.15, 0.2) is 12.3 Å². The third-order valence-electron chi connectivity index (χ3n) is 2.71. The Kier molecular flexibility index (Phi) is 3.11. The Balaban J connectivity index is 2.29. The van der Waals surface area contributed by atoms with Crippen LogP contribution in [0, 0.1) is 0 Å². The number of hydrogen-bond donors (Lipinski definition) is 5. The minimum Gasteiger partial charge on any atom is -0.394 e. The molecule has 1 saturated heterocycles. The summed E-state index contributed by atoms with van der Waals surface area (Å²) < 4.78 is 6.64. The van der Waals surface area contributed by atoms with Crippen LogP contribution in [0.3, 0.4) is 0 Å². The Morgan fingerprint density at radius 2 is 2.06 bits per heavy atom. The van der Waals surface area contributed by atoms with Crippen LogP contribution in [0.4, 0.5) is 11.8 Å². The predicted octanol–water partition coefficient (Wildman–Crippen LogP) is -2.85. The molecule has 0 spiro atoms. The van der Waals surface area contributed by atoms with E-state index in [0.717, 1.165) is 0 Å². The molecule has 94 valence electrons. The van der Waals surface area contributed by atoms with Gasteiger partial charge in [0.25, 0.3) is 0 Å². The molecule has 7 N–H and O–H groups in total. The molecule has 8 heteroatoms. The van der Waals surface area contributed by atoms with Gasteiger partial charge in [0.1, 0.15) is 18.3 Å². The molecule has 0 radical (unpaired) electrons. The maximum absolute atomic E-state index is 9.78. The Labute approximate surface area is 97.1 Å². The summed E-state index contributed by atoms with van der Waals surface area (Å²) in [5.41, 5.74) is 11.1. The van der Waals surface area contributed by atoms with Gasteiger partial charge in [-0.2, -0.15) is 0 Å². The average Bonchev–Trinajstić information content (AvgIpc) is 2.57. The summed E-state index contributed by atoms with van der Waals surface area (Å²) >= 11 is 0. The molecule has 1 fully saturated rings. The van der Waals surface area contributed by atoms with Gasteiger partial charge in [-0.05, 0) is 0 Å². The molecule has 0 aliphatic carbocycles. The molecule has 2 heterocycles. The largest absolute Gasteiger partial charge is 0.394 e. The van der Waals surface area contributed by atoms with E-state index in [0.29, 0.717) is 0 Å². The normalized spacial score (nSPS) is 32.9. The fourth-order valence-corrected chi connectivity index (χ4v) is 1.79. The van der Waals surface area contributed by atoms with Crippen molar-refractivity contribution < 1.29 is 24.6 Å². The number of hydrogen-bond acceptors (Lipinski definition) is 7. The molecule has 1 aromatic heterocycles. The molecule has 1 aliphatic rings. The lowest BCUT2D eigenvalue weighted by molar-refractivity contribution is -0.755. The van der Waals surface area contributed by atoms with E-state index in [1.165, 1.54) is 16.8 Å². The first-order chi connectivity index (χ1) is 8.04. The summed E-state index contributed by atoms with van der Waals surface area (Å²) in [4.78, 5) is 3.81. The monoisotopic (exact) mass is 243 g/mol. The zero-order valence-electron chi connectivity index (χ0n) is 8.97. The molecule has 0 aromatic carbocycles. The number of nitrogens with two attached hydrogens (primary N) is 2. The lowest BCUT2D eigenvalue weighted by atomic mass is 10.1. The van der Waals surface area contributed by atoms with Crippen LogP contribution >= 0.6 is 0 Å². The van der Waals surface area contributed by atoms with Crippen molar-refractivity contribution >= 4 is 11.8 Å². The topological polar surface area (TPSA) is 139 Å². The van der Waals surface area contributed by atoms with E-state index >= 15 is 0 Å². The molecule has 8 nitrogen and oxygen atoms in total. The minimum absolute atomic E-state index is 0.0554. The van der Waals surface area contributed by atoms with E-state index in [4.69, 9.17) is 21.3 Å². The van der Waals surface area contributed by atoms with Crippen LogP contribution < -0.4 is 16.0 Å². The van der Waals surface area contributed by atoms with Crippen LogP contribution in [0.1, 0.15) is 6.23 Å². The second-order valence-electron chi connectivity index (χ2n) is 3.85. The van der Waals surface area contributed by atoms with Gasteiger partial charge >= 0.3 is 5.95 Å². The number of nitrogens with zero attached hydrogens (tertiary/aromatic N) is 2. The maximum atomic E-state index is 9.78. The van der Waals surface area contributed by atoms with Gasteiger partial charge in [0, 0.05) is 6.07 Å². The summed E-state index contributed by atoms with van der Waals surface area (Å²) in [5.74, 6) is 0.297. The minimum atomic E-state index is -1.19. The Hall–Kier alpha value is -1.48. The number of aromatic nitrogens is 2. The van der Waals surface area contributed by atoms with Crippen molar-refractivity contribution in [2.24, 2.45) is 0 Å². The standard InChI is InChI=1S/C9H14N4O4/c10-5-1-2-13(9(11)12-5)8-7(16)6(15)4(3-14)17-8/h1-2,4,6-8,14-16H,3H2,(H3,10,11,12)/p+1/t4-,6-,7+,8-/m1/s1. The van der Waals surface area contributed by atoms with Crippen molar-refractivity contribution in [2.45, 2.75) is 24.5 Å². The van der Waals surface area contributed by atoms with Gasteiger partial charge < -0.3 is 25.8 Å². The highest BCUT2D eigenvalue weighted by atomic mass is 16.6. The van der Waals surface area contributed by atoms with E-state index in [1.54, 1.807) is 0 Å². The molecular weight excluding hydrogens is 228 g/mol. The number of rotatable bonds is 2. The van der Waals surface area contributed by atoms with Crippen LogP contribution in [0.2, 0.25) is 0 Å². The number of aliphatic hydroxyl groups is 3. The van der Waals surface area contributed by atoms with Gasteiger partial charge in [-0.3, -0.25) is 5.73 Å². The zero-order chi connectivity index (χ0) is 12.6. The van der Waals surface area contributed by atoms with Gasteiger partial charge in [0.15, 0.2) is 0 Å². The molecule has 1 aromatic rings. The van der Waals surface area contributed by atoms with E-state index in [1.807, 2.05) is 0 Å². The first-order valence-corrected chi connectivity index (χ1v) is 5.10. The SMILES string of the molecule is Nc1cc[n+]([C@@H]2O[C@H](CO)[C@@H](O)[C@@H]2O)c(N)n1. The Morgan fingerprint density at radius 3 is 2.59 bits per heavy atom. The maximum Gasteiger partial charge on any atom is 0.393 e. The third-order valence-corrected chi connectivity index (χ3v) is 2.71. The Bertz CT molecular complexity index is 416. The predicted molar refractivity (Wildman–Crippen MR) is 56.3 cm³/mol. The molecule has 1 aliphatic heterocycles. The number of aliphatic hydroxyl groups excluding tert-OH is 3. The Morgan fingerprint density at radius 1 is 1.35 bits per heavy atom. The van der Waals surface area contributed by atoms with Crippen molar-refractivity contribution in [3.63, 3.8) is 0 Å². The van der Waals surface area contributed by atoms with Gasteiger partial charge in [0.2, 0.25) is 12.0 Å². The summed E-state index contributed by atoms with van der Waals surface area (Å²) in [6.07, 6.45) is -2.60. The van der Waals surface area contributed by atoms with Gasteiger partial charge in [-0.25, -0.2) is 4.57 Å². The molecule has 17 heavy (non-hydrogen) atoms. The van der Waals surface area contributed by atoms with Crippen LogP contribution in [0.5, 0.6) is 0 Å². The molecule has 2 rings (SSSR count). The van der Waals surface area contributed by atoms with Gasteiger partial charge in [0.05, 0.1) is 12.8 Å². The molecule has 0 amide bonds. The highest BCUT2D eigenvalue weighted by Gasteiger charge is 2.45. The van der Waals surface area contributed by atoms with E-state index < -0.39 is 31.1 Å². The second-order valence-corrected chi connectivity index (χ2v) is 3.85. The molecular formula is C9H15N4O4+. The number of nitrogen functional groups attached to an aromatic ring is 2. The van der Waals surface area contributed by atoms with Crippen molar-refractivity contribution in [3.05, 3.63) is 12.3 Å². The highest BCUT2D eigenvalue weighted by Crippen LogP contribution is 2.25. The molecule has 0 unspecified atom stereocenters. The smallest absolute Gasteiger partial charge is 0.393 e. The third kappa shape index (κ3) is 2.03. The van der Waals surface area contributed by atoms with Crippen LogP contribution in [-0.2, 0) is 4.74 Å². The van der Waals surface area contributed by atoms with Crippen molar-refractivity contribution in [3.8, 4) is 0 Å². The summed E-state index contributed by atoms with van der Waals surface area (Å²) in [7, 11) is 0. The van der Waals surface area contributed by atoms with Crippen molar-refractivity contribution in [1.29, 1.82) is 0 Å². The van der Waals surface area contributed by atoms with Crippen molar-refractivity contribution in [1.82, 2.24) is 4.98 Å². The van der Waals surface area contributed by atoms with Gasteiger partial charge in [-0.1, -0.05) is 4.98 Å². The summed E-state index contributed by atoms with van der Waals surface area (Å²) in [5, 5.41) is 28.3. The summed E-state index contributed by atoms with van der Waals surface area (Å²) in [6, 6.07) is 1.49. The van der Waals surface area contributed by atoms with Gasteiger partial charge in [-0.15, -0.1) is 0 Å². The fraction of sp³-hybridized carbons (Fsp3) is 0.556. The van der Waals surface area contributed by atoms with Crippen LogP contribution in [0.25, 0.3) is 0 Å². The average molecular weight is 243 g/mol. The zero-order valence-corrected chi connectivity index (χ0v) is 8.97. The first-order valence-electron chi connectivity index (χ1n) is 5.10. The molecule has 4 atom stereocenters. The second kappa shape index (κ2) is 4.41. The fourth-order valence-electron chi connectivity index (χ4n) is 1.79. The lowest BCUT2D eigenvalue weighted by Gasteiger charge is -2.14. The molecule has 0 bridgehead atoms. The summed E-state index contributed by atoms with van der Waals surface area (Å²) in [6.45, 7) is -0.391. The quantitative estimate of drug-likeness (QED) is 0.352.